The summed E-state index contributed by atoms with van der Waals surface area (Å²) < 4.78 is 0. The highest BCUT2D eigenvalue weighted by Gasteiger charge is 2.53. The first-order valence-corrected chi connectivity index (χ1v) is 8.47. The van der Waals surface area contributed by atoms with Gasteiger partial charge in [-0.15, -0.1) is 0 Å². The Kier molecular flexibility index (Phi) is 4.82. The van der Waals surface area contributed by atoms with Crippen molar-refractivity contribution < 1.29 is 5.11 Å². The predicted molar refractivity (Wildman–Crippen MR) is 91.1 cm³/mol. The van der Waals surface area contributed by atoms with E-state index in [-0.39, 0.29) is 5.41 Å². The van der Waals surface area contributed by atoms with Crippen LogP contribution < -0.4 is 0 Å². The van der Waals surface area contributed by atoms with E-state index in [1.807, 2.05) is 6.08 Å². The zero-order valence-electron chi connectivity index (χ0n) is 14.1. The zero-order valence-corrected chi connectivity index (χ0v) is 14.1. The lowest BCUT2D eigenvalue weighted by molar-refractivity contribution is -0.0711. The van der Waals surface area contributed by atoms with E-state index in [0.29, 0.717) is 23.9 Å². The number of allylic oxidation sites excluding steroid dienone is 4. The molecule has 0 spiro atoms. The summed E-state index contributed by atoms with van der Waals surface area (Å²) in [4.78, 5) is 0. The molecule has 2 aliphatic rings. The highest BCUT2D eigenvalue weighted by Crippen LogP contribution is 2.61. The van der Waals surface area contributed by atoms with Crippen LogP contribution in [0.25, 0.3) is 0 Å². The van der Waals surface area contributed by atoms with Crippen molar-refractivity contribution in [3.8, 4) is 0 Å². The monoisotopic (exact) mass is 288 g/mol. The lowest BCUT2D eigenvalue weighted by Crippen LogP contribution is -2.51. The molecule has 0 aromatic heterocycles. The third kappa shape index (κ3) is 2.77. The Labute approximate surface area is 130 Å². The molecule has 0 radical (unpaired) electrons. The van der Waals surface area contributed by atoms with E-state index < -0.39 is 0 Å². The molecule has 1 saturated carbocycles. The zero-order chi connectivity index (χ0) is 15.7. The quantitative estimate of drug-likeness (QED) is 0.539. The highest BCUT2D eigenvalue weighted by molar-refractivity contribution is 5.21. The first kappa shape index (κ1) is 16.5. The van der Waals surface area contributed by atoms with Crippen LogP contribution in [0.1, 0.15) is 59.3 Å². The van der Waals surface area contributed by atoms with Gasteiger partial charge in [0, 0.05) is 6.61 Å². The van der Waals surface area contributed by atoms with Gasteiger partial charge >= 0.3 is 0 Å². The van der Waals surface area contributed by atoms with Crippen LogP contribution >= 0.6 is 0 Å². The predicted octanol–water partition coefficient (Wildman–Crippen LogP) is 5.28. The maximum absolute atomic E-state index is 9.93. The molecule has 4 atom stereocenters. The van der Waals surface area contributed by atoms with Gasteiger partial charge in [0.25, 0.3) is 0 Å². The van der Waals surface area contributed by atoms with E-state index in [9.17, 15) is 5.11 Å². The second kappa shape index (κ2) is 6.12. The minimum absolute atomic E-state index is 0.212. The standard InChI is InChI=1S/C20H32O/c1-6-15(2)10-12-20(5)17(14-21)11-13-19(4)16(3)8-7-9-18(19)20/h6,8,17-18,21H,1-2,7,9-14H2,3-5H3/t17-,18-,19-,20-/m1/s1. The SMILES string of the molecule is C=CC(=C)CC[C@]1(C)[C@@H](CO)CC[C@]2(C)C(C)=CCC[C@@H]12. The van der Waals surface area contributed by atoms with Crippen molar-refractivity contribution in [2.24, 2.45) is 22.7 Å². The Balaban J connectivity index is 2.31. The molecule has 1 N–H and O–H groups in total. The summed E-state index contributed by atoms with van der Waals surface area (Å²) in [5.41, 5.74) is 3.24. The van der Waals surface area contributed by atoms with Gasteiger partial charge in [0.05, 0.1) is 0 Å². The van der Waals surface area contributed by atoms with Gasteiger partial charge in [0.2, 0.25) is 0 Å². The van der Waals surface area contributed by atoms with Crippen molar-refractivity contribution in [2.45, 2.75) is 59.3 Å². The third-order valence-electron chi connectivity index (χ3n) is 6.81. The van der Waals surface area contributed by atoms with Crippen molar-refractivity contribution in [3.05, 3.63) is 36.5 Å². The van der Waals surface area contributed by atoms with Crippen molar-refractivity contribution in [1.82, 2.24) is 0 Å². The van der Waals surface area contributed by atoms with Crippen LogP contribution in [0.5, 0.6) is 0 Å². The Morgan fingerprint density at radius 3 is 2.76 bits per heavy atom. The molecular weight excluding hydrogens is 256 g/mol. The van der Waals surface area contributed by atoms with Gasteiger partial charge in [-0.05, 0) is 68.1 Å². The van der Waals surface area contributed by atoms with Crippen molar-refractivity contribution in [3.63, 3.8) is 0 Å². The number of rotatable bonds is 5. The minimum Gasteiger partial charge on any atom is -0.396 e. The molecule has 0 heterocycles. The summed E-state index contributed by atoms with van der Waals surface area (Å²) in [6.07, 6.45) is 11.3. The second-order valence-corrected chi connectivity index (χ2v) is 7.72. The van der Waals surface area contributed by atoms with Gasteiger partial charge in [0.15, 0.2) is 0 Å². The molecule has 2 aliphatic carbocycles. The molecule has 118 valence electrons. The third-order valence-corrected chi connectivity index (χ3v) is 6.81. The van der Waals surface area contributed by atoms with E-state index in [4.69, 9.17) is 0 Å². The fraction of sp³-hybridized carbons (Fsp3) is 0.700. The lowest BCUT2D eigenvalue weighted by atomic mass is 9.46. The van der Waals surface area contributed by atoms with E-state index in [0.717, 1.165) is 24.8 Å². The van der Waals surface area contributed by atoms with Crippen LogP contribution in [0.15, 0.2) is 36.5 Å². The molecule has 0 aromatic carbocycles. The summed E-state index contributed by atoms with van der Waals surface area (Å²) >= 11 is 0. The number of fused-ring (bicyclic) bond motifs is 1. The molecule has 1 heteroatoms. The first-order valence-electron chi connectivity index (χ1n) is 8.47. The normalized spacial score (nSPS) is 39.3. The average Bonchev–Trinajstić information content (AvgIpc) is 2.47. The Bertz CT molecular complexity index is 447. The van der Waals surface area contributed by atoms with E-state index in [1.54, 1.807) is 5.57 Å². The molecule has 2 rings (SSSR count). The van der Waals surface area contributed by atoms with Crippen LogP contribution in [0.2, 0.25) is 0 Å². The molecule has 0 amide bonds. The summed E-state index contributed by atoms with van der Waals surface area (Å²) in [6, 6.07) is 0. The number of hydrogen-bond acceptors (Lipinski definition) is 1. The molecule has 21 heavy (non-hydrogen) atoms. The van der Waals surface area contributed by atoms with Crippen molar-refractivity contribution >= 4 is 0 Å². The Morgan fingerprint density at radius 1 is 1.43 bits per heavy atom. The molecule has 0 bridgehead atoms. The summed E-state index contributed by atoms with van der Waals surface area (Å²) in [5.74, 6) is 1.11. The van der Waals surface area contributed by atoms with Crippen molar-refractivity contribution in [2.75, 3.05) is 6.61 Å². The van der Waals surface area contributed by atoms with Crippen LogP contribution in [0, 0.1) is 22.7 Å². The lowest BCUT2D eigenvalue weighted by Gasteiger charge is -2.58. The Hall–Kier alpha value is -0.820. The summed E-state index contributed by atoms with van der Waals surface area (Å²) in [6.45, 7) is 15.4. The molecule has 1 nitrogen and oxygen atoms in total. The summed E-state index contributed by atoms with van der Waals surface area (Å²) in [7, 11) is 0. The highest BCUT2D eigenvalue weighted by atomic mass is 16.3. The smallest absolute Gasteiger partial charge is 0.0464 e. The van der Waals surface area contributed by atoms with E-state index >= 15 is 0 Å². The fourth-order valence-corrected chi connectivity index (χ4v) is 5.02. The average molecular weight is 288 g/mol. The molecule has 0 saturated heterocycles. The Morgan fingerprint density at radius 2 is 2.14 bits per heavy atom. The largest absolute Gasteiger partial charge is 0.396 e. The first-order chi connectivity index (χ1) is 9.88. The molecule has 0 unspecified atom stereocenters. The van der Waals surface area contributed by atoms with Gasteiger partial charge in [-0.1, -0.05) is 50.3 Å². The second-order valence-electron chi connectivity index (χ2n) is 7.72. The topological polar surface area (TPSA) is 20.2 Å². The minimum atomic E-state index is 0.212. The van der Waals surface area contributed by atoms with Crippen molar-refractivity contribution in [1.29, 1.82) is 0 Å². The molecule has 1 fully saturated rings. The van der Waals surface area contributed by atoms with Gasteiger partial charge in [-0.25, -0.2) is 0 Å². The van der Waals surface area contributed by atoms with Gasteiger partial charge in [-0.2, -0.15) is 0 Å². The maximum Gasteiger partial charge on any atom is 0.0464 e. The molecular formula is C20H32O. The van der Waals surface area contributed by atoms with E-state index in [2.05, 4.69) is 40.0 Å². The fourth-order valence-electron chi connectivity index (χ4n) is 5.02. The maximum atomic E-state index is 9.93. The molecule has 0 aliphatic heterocycles. The van der Waals surface area contributed by atoms with Crippen LogP contribution in [-0.2, 0) is 0 Å². The number of aliphatic hydroxyl groups excluding tert-OH is 1. The number of aliphatic hydroxyl groups is 1. The van der Waals surface area contributed by atoms with Crippen LogP contribution in [0.3, 0.4) is 0 Å². The van der Waals surface area contributed by atoms with Gasteiger partial charge < -0.3 is 5.11 Å². The summed E-state index contributed by atoms with van der Waals surface area (Å²) in [5, 5.41) is 9.93. The van der Waals surface area contributed by atoms with Gasteiger partial charge in [-0.3, -0.25) is 0 Å². The van der Waals surface area contributed by atoms with Crippen LogP contribution in [-0.4, -0.2) is 11.7 Å². The van der Waals surface area contributed by atoms with Gasteiger partial charge in [0.1, 0.15) is 0 Å². The van der Waals surface area contributed by atoms with Crippen LogP contribution in [0.4, 0.5) is 0 Å². The van der Waals surface area contributed by atoms with E-state index in [1.165, 1.54) is 19.3 Å². The number of hydrogen-bond donors (Lipinski definition) is 1. The molecule has 0 aromatic rings.